The van der Waals surface area contributed by atoms with Crippen LogP contribution in [0.2, 0.25) is 0 Å². The molecule has 19 heavy (non-hydrogen) atoms. The normalized spacial score (nSPS) is 17.5. The topological polar surface area (TPSA) is 71.5 Å². The largest absolute Gasteiger partial charge is 0.261 e. The van der Waals surface area contributed by atoms with E-state index in [0.29, 0.717) is 19.5 Å². The van der Waals surface area contributed by atoms with Gasteiger partial charge in [0.2, 0.25) is 10.0 Å². The summed E-state index contributed by atoms with van der Waals surface area (Å²) in [5.74, 6) is 0. The van der Waals surface area contributed by atoms with Crippen molar-refractivity contribution in [3.63, 3.8) is 0 Å². The summed E-state index contributed by atoms with van der Waals surface area (Å²) >= 11 is 0. The molecule has 0 radical (unpaired) electrons. The van der Waals surface area contributed by atoms with Gasteiger partial charge in [-0.15, -0.1) is 0 Å². The minimum Gasteiger partial charge on any atom is -0.207 e. The third kappa shape index (κ3) is 3.17. The number of sulfonamides is 1. The lowest BCUT2D eigenvalue weighted by atomic mass is 10.3. The molecule has 8 heteroatoms. The third-order valence-corrected chi connectivity index (χ3v) is 6.01. The van der Waals surface area contributed by atoms with Crippen LogP contribution >= 0.6 is 10.7 Å². The van der Waals surface area contributed by atoms with Gasteiger partial charge in [0.25, 0.3) is 9.05 Å². The van der Waals surface area contributed by atoms with Crippen LogP contribution in [0.1, 0.15) is 6.42 Å². The van der Waals surface area contributed by atoms with Crippen LogP contribution in [-0.4, -0.2) is 34.2 Å². The van der Waals surface area contributed by atoms with E-state index in [-0.39, 0.29) is 9.79 Å². The van der Waals surface area contributed by atoms with Crippen LogP contribution in [-0.2, 0) is 19.1 Å². The summed E-state index contributed by atoms with van der Waals surface area (Å²) in [5.41, 5.74) is 0. The minimum absolute atomic E-state index is 0.0619. The number of hydrogen-bond acceptors (Lipinski definition) is 4. The Bertz CT molecular complexity index is 693. The van der Waals surface area contributed by atoms with E-state index in [2.05, 4.69) is 0 Å². The molecule has 1 aromatic carbocycles. The number of halogens is 1. The molecule has 1 heterocycles. The van der Waals surface area contributed by atoms with Crippen LogP contribution in [0.3, 0.4) is 0 Å². The molecule has 1 aromatic rings. The van der Waals surface area contributed by atoms with Crippen LogP contribution in [0.25, 0.3) is 0 Å². The molecule has 0 saturated carbocycles. The van der Waals surface area contributed by atoms with Gasteiger partial charge in [-0.2, -0.15) is 4.31 Å². The number of benzene rings is 1. The molecule has 1 aliphatic heterocycles. The van der Waals surface area contributed by atoms with Gasteiger partial charge in [0.1, 0.15) is 0 Å². The molecule has 0 amide bonds. The molecule has 0 aromatic heterocycles. The molecule has 104 valence electrons. The van der Waals surface area contributed by atoms with Gasteiger partial charge in [0, 0.05) is 23.8 Å². The van der Waals surface area contributed by atoms with Crippen molar-refractivity contribution in [2.24, 2.45) is 0 Å². The molecule has 5 nitrogen and oxygen atoms in total. The summed E-state index contributed by atoms with van der Waals surface area (Å²) in [5, 5.41) is 0. The average molecular weight is 322 g/mol. The second-order valence-electron chi connectivity index (χ2n) is 4.03. The average Bonchev–Trinajstić information content (AvgIpc) is 2.39. The molecule has 0 aliphatic carbocycles. The Kier molecular flexibility index (Phi) is 4.00. The maximum absolute atomic E-state index is 12.3. The summed E-state index contributed by atoms with van der Waals surface area (Å²) in [6, 6.07) is 4.88. The molecule has 0 N–H and O–H groups in total. The Morgan fingerprint density at radius 1 is 0.947 bits per heavy atom. The highest BCUT2D eigenvalue weighted by Gasteiger charge is 2.24. The SMILES string of the molecule is O=S(=O)(Cl)c1ccc(S(=O)(=O)N2CC=CCC2)cc1. The molecule has 0 fully saturated rings. The lowest BCUT2D eigenvalue weighted by molar-refractivity contribution is 0.437. The first-order chi connectivity index (χ1) is 8.82. The fraction of sp³-hybridized carbons (Fsp3) is 0.273. The Balaban J connectivity index is 2.34. The molecule has 0 unspecified atom stereocenters. The van der Waals surface area contributed by atoms with Gasteiger partial charge in [-0.05, 0) is 30.7 Å². The fourth-order valence-corrected chi connectivity index (χ4v) is 3.94. The van der Waals surface area contributed by atoms with Crippen LogP contribution in [0.5, 0.6) is 0 Å². The van der Waals surface area contributed by atoms with Crippen molar-refractivity contribution in [3.05, 3.63) is 36.4 Å². The predicted molar refractivity (Wildman–Crippen MR) is 72.0 cm³/mol. The van der Waals surface area contributed by atoms with E-state index in [1.54, 1.807) is 6.08 Å². The summed E-state index contributed by atoms with van der Waals surface area (Å²) < 4.78 is 48.0. The highest BCUT2D eigenvalue weighted by Crippen LogP contribution is 2.21. The third-order valence-electron chi connectivity index (χ3n) is 2.76. The van der Waals surface area contributed by atoms with Gasteiger partial charge in [0.15, 0.2) is 0 Å². The zero-order valence-electron chi connectivity index (χ0n) is 9.86. The van der Waals surface area contributed by atoms with E-state index in [0.717, 1.165) is 0 Å². The van der Waals surface area contributed by atoms with E-state index in [1.165, 1.54) is 28.6 Å². The number of rotatable bonds is 3. The second kappa shape index (κ2) is 5.24. The molecule has 2 rings (SSSR count). The Hall–Kier alpha value is -0.890. The van der Waals surface area contributed by atoms with E-state index < -0.39 is 19.1 Å². The molecular formula is C11H12ClNO4S2. The minimum atomic E-state index is -3.84. The monoisotopic (exact) mass is 321 g/mol. The number of hydrogen-bond donors (Lipinski definition) is 0. The van der Waals surface area contributed by atoms with Gasteiger partial charge in [-0.3, -0.25) is 0 Å². The second-order valence-corrected chi connectivity index (χ2v) is 8.54. The van der Waals surface area contributed by atoms with E-state index in [4.69, 9.17) is 10.7 Å². The van der Waals surface area contributed by atoms with Crippen LogP contribution in [0, 0.1) is 0 Å². The molecule has 0 atom stereocenters. The van der Waals surface area contributed by atoms with Gasteiger partial charge < -0.3 is 0 Å². The lowest BCUT2D eigenvalue weighted by Gasteiger charge is -2.22. The Morgan fingerprint density at radius 2 is 1.53 bits per heavy atom. The van der Waals surface area contributed by atoms with Crippen molar-refractivity contribution in [3.8, 4) is 0 Å². The first-order valence-electron chi connectivity index (χ1n) is 5.52. The lowest BCUT2D eigenvalue weighted by Crippen LogP contribution is -2.33. The zero-order valence-corrected chi connectivity index (χ0v) is 12.2. The highest BCUT2D eigenvalue weighted by molar-refractivity contribution is 8.13. The Labute approximate surface area is 117 Å². The van der Waals surface area contributed by atoms with Crippen molar-refractivity contribution in [2.75, 3.05) is 13.1 Å². The summed E-state index contributed by atoms with van der Waals surface area (Å²) in [6.07, 6.45) is 4.39. The smallest absolute Gasteiger partial charge is 0.207 e. The first-order valence-corrected chi connectivity index (χ1v) is 9.26. The van der Waals surface area contributed by atoms with Crippen LogP contribution in [0.4, 0.5) is 0 Å². The molecule has 0 bridgehead atoms. The van der Waals surface area contributed by atoms with Gasteiger partial charge in [0.05, 0.1) is 9.79 Å². The fourth-order valence-electron chi connectivity index (χ4n) is 1.76. The molecule has 0 spiro atoms. The quantitative estimate of drug-likeness (QED) is 0.625. The van der Waals surface area contributed by atoms with E-state index >= 15 is 0 Å². The van der Waals surface area contributed by atoms with Crippen molar-refractivity contribution < 1.29 is 16.8 Å². The summed E-state index contributed by atoms with van der Waals surface area (Å²) in [6.45, 7) is 0.756. The molecular weight excluding hydrogens is 310 g/mol. The van der Waals surface area contributed by atoms with Crippen molar-refractivity contribution in [2.45, 2.75) is 16.2 Å². The summed E-state index contributed by atoms with van der Waals surface area (Å²) in [4.78, 5) is -0.0569. The van der Waals surface area contributed by atoms with Crippen molar-refractivity contribution in [1.29, 1.82) is 0 Å². The van der Waals surface area contributed by atoms with Crippen molar-refractivity contribution in [1.82, 2.24) is 4.31 Å². The molecule has 0 saturated heterocycles. The maximum Gasteiger partial charge on any atom is 0.261 e. The predicted octanol–water partition coefficient (Wildman–Crippen LogP) is 1.56. The van der Waals surface area contributed by atoms with Crippen LogP contribution < -0.4 is 0 Å². The van der Waals surface area contributed by atoms with Gasteiger partial charge in [-0.25, -0.2) is 16.8 Å². The van der Waals surface area contributed by atoms with Gasteiger partial charge >= 0.3 is 0 Å². The van der Waals surface area contributed by atoms with E-state index in [9.17, 15) is 16.8 Å². The van der Waals surface area contributed by atoms with Crippen LogP contribution in [0.15, 0.2) is 46.2 Å². The van der Waals surface area contributed by atoms with E-state index in [1.807, 2.05) is 6.08 Å². The Morgan fingerprint density at radius 3 is 2.00 bits per heavy atom. The zero-order chi connectivity index (χ0) is 14.1. The highest BCUT2D eigenvalue weighted by atomic mass is 35.7. The standard InChI is InChI=1S/C11H12ClNO4S2/c12-18(14,15)10-4-6-11(7-5-10)19(16,17)13-8-2-1-3-9-13/h1-2,4-7H,3,8-9H2. The summed E-state index contributed by atoms with van der Waals surface area (Å²) in [7, 11) is -2.24. The molecule has 1 aliphatic rings. The first kappa shape index (κ1) is 14.5. The maximum atomic E-state index is 12.3. The van der Waals surface area contributed by atoms with Crippen molar-refractivity contribution >= 4 is 29.8 Å². The van der Waals surface area contributed by atoms with Gasteiger partial charge in [-0.1, -0.05) is 12.2 Å². The number of nitrogens with zero attached hydrogens (tertiary/aromatic N) is 1.